The summed E-state index contributed by atoms with van der Waals surface area (Å²) >= 11 is 13.3. The van der Waals surface area contributed by atoms with Gasteiger partial charge in [0.05, 0.1) is 0 Å². The molecule has 0 heterocycles. The summed E-state index contributed by atoms with van der Waals surface area (Å²) in [7, 11) is 0. The minimum absolute atomic E-state index is 0. The third-order valence-corrected chi connectivity index (χ3v) is 9.52. The number of hydrogen-bond donors (Lipinski definition) is 0. The maximum Gasteiger partial charge on any atom is -1.00 e. The van der Waals surface area contributed by atoms with E-state index in [1.165, 1.54) is 66.4 Å². The molecule has 0 unspecified atom stereocenters. The molecule has 0 nitrogen and oxygen atoms in total. The maximum absolute atomic E-state index is 5.98. The summed E-state index contributed by atoms with van der Waals surface area (Å²) in [6, 6.07) is 36.6. The molecule has 236 valence electrons. The second kappa shape index (κ2) is 18.2. The maximum atomic E-state index is 5.98. The number of hydrogen-bond acceptors (Lipinski definition) is 0. The van der Waals surface area contributed by atoms with E-state index >= 15 is 0 Å². The van der Waals surface area contributed by atoms with E-state index in [0.717, 1.165) is 39.6 Å². The molecule has 0 radical (unpaired) electrons. The Labute approximate surface area is 313 Å². The summed E-state index contributed by atoms with van der Waals surface area (Å²) in [6.07, 6.45) is 5.89. The van der Waals surface area contributed by atoms with Crippen LogP contribution in [0.3, 0.4) is 0 Å². The van der Waals surface area contributed by atoms with Crippen molar-refractivity contribution in [3.8, 4) is 11.1 Å². The summed E-state index contributed by atoms with van der Waals surface area (Å²) < 4.78 is 1.26. The van der Waals surface area contributed by atoms with Gasteiger partial charge in [-0.2, -0.15) is 47.0 Å². The zero-order chi connectivity index (χ0) is 31.9. The summed E-state index contributed by atoms with van der Waals surface area (Å²) in [6.45, 7) is 16.6. The number of halogens is 4. The average Bonchev–Trinajstić information content (AvgIpc) is 3.66. The third-order valence-electron chi connectivity index (χ3n) is 7.63. The van der Waals surface area contributed by atoms with Crippen molar-refractivity contribution < 1.29 is 49.0 Å². The van der Waals surface area contributed by atoms with Crippen molar-refractivity contribution in [2.75, 3.05) is 0 Å². The van der Waals surface area contributed by atoms with Crippen molar-refractivity contribution in [3.63, 3.8) is 0 Å². The number of fused-ring (bicyclic) bond motifs is 3. The van der Waals surface area contributed by atoms with Gasteiger partial charge in [0.2, 0.25) is 0 Å². The molecule has 0 saturated carbocycles. The van der Waals surface area contributed by atoms with E-state index in [4.69, 9.17) is 23.2 Å². The van der Waals surface area contributed by atoms with E-state index in [9.17, 15) is 0 Å². The molecule has 5 heteroatoms. The van der Waals surface area contributed by atoms with Crippen molar-refractivity contribution in [2.24, 2.45) is 0 Å². The Morgan fingerprint density at radius 1 is 0.848 bits per heavy atom. The van der Waals surface area contributed by atoms with Crippen molar-refractivity contribution in [1.29, 1.82) is 0 Å². The number of rotatable bonds is 5. The van der Waals surface area contributed by atoms with Crippen molar-refractivity contribution >= 4 is 38.6 Å². The first-order valence-corrected chi connectivity index (χ1v) is 16.8. The fourth-order valence-corrected chi connectivity index (χ4v) is 6.14. The monoisotopic (exact) mass is 760 g/mol. The van der Waals surface area contributed by atoms with E-state index < -0.39 is 0 Å². The molecule has 5 aromatic carbocycles. The predicted molar refractivity (Wildman–Crippen MR) is 190 cm³/mol. The van der Waals surface area contributed by atoms with Crippen molar-refractivity contribution in [3.05, 3.63) is 171 Å². The van der Waals surface area contributed by atoms with Crippen LogP contribution in [-0.2, 0) is 42.5 Å². The molecule has 5 aromatic rings. The fraction of sp³-hybridized carbons (Fsp3) is 0.171. The molecular formula is C41H38Cl4Zr-2. The topological polar surface area (TPSA) is 0 Å². The van der Waals surface area contributed by atoms with E-state index in [-0.39, 0.29) is 24.8 Å². The molecule has 0 aromatic heterocycles. The van der Waals surface area contributed by atoms with Gasteiger partial charge in [-0.05, 0) is 12.0 Å². The van der Waals surface area contributed by atoms with Crippen LogP contribution in [0.5, 0.6) is 0 Å². The minimum atomic E-state index is 0. The van der Waals surface area contributed by atoms with E-state index in [0.29, 0.717) is 5.41 Å². The normalized spacial score (nSPS) is 10.8. The number of benzene rings is 4. The number of aryl methyl sites for hydroxylation is 1. The standard InChI is InChI=1S/C17H13.C13H8Cl2.C11H17.2ClH.Zr/c1-3-12-5-7-14-11-15-8-6-13(4-2)10-17(15)16(14)9-12;14-12-5-1-3-10(8-12)7-11-4-2-6-13(15)9-11;1-5-9-6-7-10(8-9)11(2,3)4;;;/h3-7,9-10H,1-2,11H2;1-6,8-9H;6-8H,5H2,1-4H3;2*1H;/q-1;;-1;;;+2/p-2. The summed E-state index contributed by atoms with van der Waals surface area (Å²) in [4.78, 5) is 0. The molecule has 0 N–H and O–H groups in total. The molecule has 0 saturated heterocycles. The molecular weight excluding hydrogens is 725 g/mol. The smallest absolute Gasteiger partial charge is 1.00 e. The minimum Gasteiger partial charge on any atom is -1.00 e. The van der Waals surface area contributed by atoms with E-state index in [1.54, 1.807) is 0 Å². The van der Waals surface area contributed by atoms with Gasteiger partial charge in [0.1, 0.15) is 0 Å². The summed E-state index contributed by atoms with van der Waals surface area (Å²) in [5.41, 5.74) is 13.1. The molecule has 0 fully saturated rings. The van der Waals surface area contributed by atoms with Crippen molar-refractivity contribution in [1.82, 2.24) is 0 Å². The molecule has 0 spiro atoms. The molecule has 1 aliphatic carbocycles. The first-order chi connectivity index (χ1) is 21.0. The second-order valence-corrected chi connectivity index (χ2v) is 13.9. The zero-order valence-electron chi connectivity index (χ0n) is 26.7. The molecule has 46 heavy (non-hydrogen) atoms. The van der Waals surface area contributed by atoms with Crippen LogP contribution in [0.2, 0.25) is 10.0 Å². The van der Waals surface area contributed by atoms with E-state index in [2.05, 4.69) is 102 Å². The van der Waals surface area contributed by atoms with Gasteiger partial charge in [0, 0.05) is 0 Å². The van der Waals surface area contributed by atoms with Gasteiger partial charge in [-0.15, -0.1) is 23.8 Å². The average molecular weight is 764 g/mol. The van der Waals surface area contributed by atoms with Crippen LogP contribution in [0.15, 0.2) is 110 Å². The molecule has 6 rings (SSSR count). The van der Waals surface area contributed by atoms with Gasteiger partial charge in [0.15, 0.2) is 0 Å². The fourth-order valence-electron chi connectivity index (χ4n) is 5.00. The van der Waals surface area contributed by atoms with Gasteiger partial charge in [-0.25, -0.2) is 6.07 Å². The predicted octanol–water partition coefficient (Wildman–Crippen LogP) is 5.73. The van der Waals surface area contributed by atoms with Crippen molar-refractivity contribution in [2.45, 2.75) is 46.0 Å². The Balaban J connectivity index is 0.000000241. The van der Waals surface area contributed by atoms with Crippen LogP contribution < -0.4 is 24.8 Å². The Bertz CT molecular complexity index is 1690. The van der Waals surface area contributed by atoms with E-state index in [1.807, 2.05) is 54.6 Å². The Morgan fingerprint density at radius 3 is 1.91 bits per heavy atom. The van der Waals surface area contributed by atoms with Crippen LogP contribution in [0.25, 0.3) is 23.3 Å². The van der Waals surface area contributed by atoms with Gasteiger partial charge < -0.3 is 24.8 Å². The van der Waals surface area contributed by atoms with Crippen LogP contribution in [0.4, 0.5) is 0 Å². The van der Waals surface area contributed by atoms with Gasteiger partial charge in [0.25, 0.3) is 0 Å². The third kappa shape index (κ3) is 10.6. The van der Waals surface area contributed by atoms with Crippen LogP contribution in [0, 0.1) is 6.07 Å². The summed E-state index contributed by atoms with van der Waals surface area (Å²) in [5.74, 6) is 0. The quantitative estimate of drug-likeness (QED) is 0.197. The van der Waals surface area contributed by atoms with Gasteiger partial charge in [-0.3, -0.25) is 0 Å². The Morgan fingerprint density at radius 2 is 1.43 bits per heavy atom. The van der Waals surface area contributed by atoms with Crippen LogP contribution >= 0.6 is 23.2 Å². The molecule has 0 amide bonds. The summed E-state index contributed by atoms with van der Waals surface area (Å²) in [5, 5.41) is 1.53. The molecule has 0 bridgehead atoms. The van der Waals surface area contributed by atoms with Crippen LogP contribution in [-0.4, -0.2) is 3.21 Å². The molecule has 0 atom stereocenters. The van der Waals surface area contributed by atoms with Gasteiger partial charge >= 0.3 is 120 Å². The first kappa shape index (κ1) is 39.8. The SMILES string of the molecule is C=Cc1c[c-]c2c(c1)-c1cc(C=C)ccc1C2.CCc1cc(C(C)(C)C)c[cH-]1.Clc1cccc([C](=[Zr+2])c2cccc(Cl)c2)c1.[Cl-].[Cl-]. The Hall–Kier alpha value is -2.38. The van der Waals surface area contributed by atoms with Crippen LogP contribution in [0.1, 0.15) is 72.2 Å². The Kier molecular flexibility index (Phi) is 15.8. The second-order valence-electron chi connectivity index (χ2n) is 11.8. The molecule has 0 aliphatic heterocycles. The first-order valence-electron chi connectivity index (χ1n) is 14.8. The van der Waals surface area contributed by atoms with Gasteiger partial charge in [-0.1, -0.05) is 81.5 Å². The molecule has 1 aliphatic rings. The largest absolute Gasteiger partial charge is 1.00 e. The zero-order valence-corrected chi connectivity index (χ0v) is 32.2.